The van der Waals surface area contributed by atoms with Gasteiger partial charge in [0.05, 0.1) is 24.4 Å². The molecule has 1 aromatic carbocycles. The molecule has 6 heteroatoms. The lowest BCUT2D eigenvalue weighted by molar-refractivity contribution is -0.138. The number of aliphatic imine (C=N–C) groups is 1. The third-order valence-electron chi connectivity index (χ3n) is 2.36. The number of esters is 1. The Morgan fingerprint density at radius 1 is 1.50 bits per heavy atom. The third-order valence-corrected chi connectivity index (χ3v) is 2.67. The Morgan fingerprint density at radius 3 is 2.75 bits per heavy atom. The summed E-state index contributed by atoms with van der Waals surface area (Å²) in [5.41, 5.74) is 0.537. The highest BCUT2D eigenvalue weighted by Gasteiger charge is 2.12. The van der Waals surface area contributed by atoms with Crippen LogP contribution >= 0.6 is 11.6 Å². The van der Waals surface area contributed by atoms with Crippen molar-refractivity contribution >= 4 is 29.5 Å². The number of methoxy groups -OCH3 is 1. The topological polar surface area (TPSA) is 68.1 Å². The molecule has 1 aromatic rings. The van der Waals surface area contributed by atoms with Crippen LogP contribution in [0, 0.1) is 0 Å². The SMILES string of the molecule is CCOC(=O)C(C=Nc1ccc(Cl)c(OC)c1)=C(C)O. The van der Waals surface area contributed by atoms with E-state index in [0.717, 1.165) is 0 Å². The van der Waals surface area contributed by atoms with Crippen molar-refractivity contribution in [2.45, 2.75) is 13.8 Å². The number of carbonyl (C=O) groups excluding carboxylic acids is 1. The predicted octanol–water partition coefficient (Wildman–Crippen LogP) is 3.45. The van der Waals surface area contributed by atoms with Crippen LogP contribution in [0.1, 0.15) is 13.8 Å². The van der Waals surface area contributed by atoms with Gasteiger partial charge in [0, 0.05) is 12.3 Å². The molecule has 0 aliphatic rings. The number of ether oxygens (including phenoxy) is 2. The lowest BCUT2D eigenvalue weighted by Gasteiger charge is -2.05. The highest BCUT2D eigenvalue weighted by molar-refractivity contribution is 6.32. The minimum Gasteiger partial charge on any atom is -0.512 e. The first kappa shape index (κ1) is 16.0. The van der Waals surface area contributed by atoms with Gasteiger partial charge in [-0.15, -0.1) is 0 Å². The van der Waals surface area contributed by atoms with E-state index in [-0.39, 0.29) is 17.9 Å². The number of benzene rings is 1. The summed E-state index contributed by atoms with van der Waals surface area (Å²) in [4.78, 5) is 15.7. The fourth-order valence-electron chi connectivity index (χ4n) is 1.37. The van der Waals surface area contributed by atoms with E-state index in [4.69, 9.17) is 21.1 Å². The molecule has 0 aliphatic carbocycles. The van der Waals surface area contributed by atoms with Crippen LogP contribution in [0.15, 0.2) is 34.5 Å². The van der Waals surface area contributed by atoms with Crippen molar-refractivity contribution in [2.75, 3.05) is 13.7 Å². The fraction of sp³-hybridized carbons (Fsp3) is 0.286. The Hall–Kier alpha value is -2.01. The normalized spacial score (nSPS) is 12.2. The van der Waals surface area contributed by atoms with Gasteiger partial charge in [-0.2, -0.15) is 0 Å². The van der Waals surface area contributed by atoms with E-state index in [1.165, 1.54) is 20.2 Å². The first-order chi connectivity index (χ1) is 9.49. The number of aliphatic hydroxyl groups is 1. The summed E-state index contributed by atoms with van der Waals surface area (Å²) in [6.45, 7) is 3.29. The predicted molar refractivity (Wildman–Crippen MR) is 78.1 cm³/mol. The second-order valence-corrected chi connectivity index (χ2v) is 4.20. The van der Waals surface area contributed by atoms with E-state index in [1.54, 1.807) is 25.1 Å². The van der Waals surface area contributed by atoms with Crippen molar-refractivity contribution < 1.29 is 19.4 Å². The Bertz CT molecular complexity index is 548. The third kappa shape index (κ3) is 4.28. The summed E-state index contributed by atoms with van der Waals surface area (Å²) in [6.07, 6.45) is 1.25. The zero-order valence-electron chi connectivity index (χ0n) is 11.5. The van der Waals surface area contributed by atoms with E-state index in [2.05, 4.69) is 4.99 Å². The van der Waals surface area contributed by atoms with E-state index < -0.39 is 5.97 Å². The van der Waals surface area contributed by atoms with Crippen LogP contribution < -0.4 is 4.74 Å². The second kappa shape index (κ2) is 7.55. The molecule has 0 saturated heterocycles. The molecule has 0 atom stereocenters. The first-order valence-electron chi connectivity index (χ1n) is 5.94. The van der Waals surface area contributed by atoms with Gasteiger partial charge in [-0.3, -0.25) is 4.99 Å². The molecular weight excluding hydrogens is 282 g/mol. The number of rotatable bonds is 5. The second-order valence-electron chi connectivity index (χ2n) is 3.80. The van der Waals surface area contributed by atoms with Gasteiger partial charge in [-0.1, -0.05) is 11.6 Å². The van der Waals surface area contributed by atoms with Crippen LogP contribution in [-0.2, 0) is 9.53 Å². The Kier molecular flexibility index (Phi) is 6.06. The summed E-state index contributed by atoms with van der Waals surface area (Å²) in [5, 5.41) is 9.94. The fourth-order valence-corrected chi connectivity index (χ4v) is 1.57. The summed E-state index contributed by atoms with van der Waals surface area (Å²) >= 11 is 5.90. The summed E-state index contributed by atoms with van der Waals surface area (Å²) in [6, 6.07) is 4.91. The van der Waals surface area contributed by atoms with Gasteiger partial charge in [-0.05, 0) is 26.0 Å². The van der Waals surface area contributed by atoms with Crippen LogP contribution in [-0.4, -0.2) is 31.0 Å². The lowest BCUT2D eigenvalue weighted by Crippen LogP contribution is -2.10. The molecule has 0 saturated carbocycles. The first-order valence-corrected chi connectivity index (χ1v) is 6.32. The molecule has 1 N–H and O–H groups in total. The van der Waals surface area contributed by atoms with Crippen LogP contribution in [0.3, 0.4) is 0 Å². The standard InChI is InChI=1S/C14H16ClNO4/c1-4-20-14(18)11(9(2)17)8-16-10-5-6-12(15)13(7-10)19-3/h5-8,17H,4H2,1-3H3. The van der Waals surface area contributed by atoms with Crippen LogP contribution in [0.25, 0.3) is 0 Å². The van der Waals surface area contributed by atoms with Crippen molar-refractivity contribution in [2.24, 2.45) is 4.99 Å². The maximum atomic E-state index is 11.6. The number of hydrogen-bond donors (Lipinski definition) is 1. The van der Waals surface area contributed by atoms with Crippen molar-refractivity contribution in [1.29, 1.82) is 0 Å². The molecule has 0 spiro atoms. The van der Waals surface area contributed by atoms with Gasteiger partial charge in [0.25, 0.3) is 0 Å². The number of allylic oxidation sites excluding steroid dienone is 1. The molecule has 0 unspecified atom stereocenters. The summed E-state index contributed by atoms with van der Waals surface area (Å²) in [5.74, 6) is -0.311. The lowest BCUT2D eigenvalue weighted by atomic mass is 10.2. The van der Waals surface area contributed by atoms with Gasteiger partial charge in [0.2, 0.25) is 0 Å². The molecule has 0 fully saturated rings. The van der Waals surface area contributed by atoms with E-state index in [0.29, 0.717) is 16.5 Å². The number of aliphatic hydroxyl groups excluding tert-OH is 1. The molecular formula is C14H16ClNO4. The Morgan fingerprint density at radius 2 is 2.20 bits per heavy atom. The number of hydrogen-bond acceptors (Lipinski definition) is 5. The molecule has 0 radical (unpaired) electrons. The largest absolute Gasteiger partial charge is 0.512 e. The van der Waals surface area contributed by atoms with Gasteiger partial charge in [0.15, 0.2) is 0 Å². The van der Waals surface area contributed by atoms with E-state index in [9.17, 15) is 9.90 Å². The average molecular weight is 298 g/mol. The van der Waals surface area contributed by atoms with Gasteiger partial charge in [0.1, 0.15) is 17.1 Å². The Balaban J connectivity index is 3.00. The number of nitrogens with zero attached hydrogens (tertiary/aromatic N) is 1. The monoisotopic (exact) mass is 297 g/mol. The van der Waals surface area contributed by atoms with E-state index >= 15 is 0 Å². The molecule has 20 heavy (non-hydrogen) atoms. The average Bonchev–Trinajstić information content (AvgIpc) is 2.40. The molecule has 0 aliphatic heterocycles. The molecule has 108 valence electrons. The molecule has 5 nitrogen and oxygen atoms in total. The highest BCUT2D eigenvalue weighted by Crippen LogP contribution is 2.28. The van der Waals surface area contributed by atoms with Crippen molar-refractivity contribution in [3.8, 4) is 5.75 Å². The van der Waals surface area contributed by atoms with Crippen molar-refractivity contribution in [1.82, 2.24) is 0 Å². The molecule has 0 heterocycles. The summed E-state index contributed by atoms with van der Waals surface area (Å²) < 4.78 is 9.89. The highest BCUT2D eigenvalue weighted by atomic mass is 35.5. The van der Waals surface area contributed by atoms with E-state index in [1.807, 2.05) is 0 Å². The van der Waals surface area contributed by atoms with Gasteiger partial charge < -0.3 is 14.6 Å². The molecule has 0 amide bonds. The van der Waals surface area contributed by atoms with Crippen molar-refractivity contribution in [3.63, 3.8) is 0 Å². The Labute approximate surface area is 122 Å². The van der Waals surface area contributed by atoms with Crippen LogP contribution in [0.2, 0.25) is 5.02 Å². The van der Waals surface area contributed by atoms with Crippen LogP contribution in [0.5, 0.6) is 5.75 Å². The summed E-state index contributed by atoms with van der Waals surface area (Å²) in [7, 11) is 1.50. The number of halogens is 1. The van der Waals surface area contributed by atoms with Gasteiger partial charge in [-0.25, -0.2) is 4.79 Å². The zero-order valence-corrected chi connectivity index (χ0v) is 12.3. The van der Waals surface area contributed by atoms with Gasteiger partial charge >= 0.3 is 5.97 Å². The maximum Gasteiger partial charge on any atom is 0.343 e. The number of carbonyl (C=O) groups is 1. The zero-order chi connectivity index (χ0) is 15.1. The van der Waals surface area contributed by atoms with Crippen LogP contribution in [0.4, 0.5) is 5.69 Å². The molecule has 0 aromatic heterocycles. The molecule has 0 bridgehead atoms. The minimum absolute atomic E-state index is 0.000710. The minimum atomic E-state index is -0.628. The van der Waals surface area contributed by atoms with Crippen molar-refractivity contribution in [3.05, 3.63) is 34.6 Å². The smallest absolute Gasteiger partial charge is 0.343 e. The quantitative estimate of drug-likeness (QED) is 0.391. The maximum absolute atomic E-state index is 11.6. The molecule has 1 rings (SSSR count).